The third kappa shape index (κ3) is 3.58. The summed E-state index contributed by atoms with van der Waals surface area (Å²) >= 11 is 1.78. The maximum absolute atomic E-state index is 6.66. The maximum atomic E-state index is 6.66. The Morgan fingerprint density at radius 1 is 1.33 bits per heavy atom. The van der Waals surface area contributed by atoms with Crippen LogP contribution in [0.2, 0.25) is 0 Å². The van der Waals surface area contributed by atoms with Crippen LogP contribution in [0.3, 0.4) is 0 Å². The topological polar surface area (TPSA) is 26.0 Å². The largest absolute Gasteiger partial charge is 0.325 e. The summed E-state index contributed by atoms with van der Waals surface area (Å²) < 4.78 is 0. The molecule has 1 nitrogen and oxygen atoms in total. The molecule has 1 heterocycles. The lowest BCUT2D eigenvalue weighted by Crippen LogP contribution is -2.41. The van der Waals surface area contributed by atoms with Crippen LogP contribution in [0.15, 0.2) is 16.8 Å². The van der Waals surface area contributed by atoms with Gasteiger partial charge in [-0.1, -0.05) is 27.2 Å². The molecule has 0 amide bonds. The molecule has 1 aromatic heterocycles. The fraction of sp³-hybridized carbons (Fsp3) is 0.750. The van der Waals surface area contributed by atoms with Crippen LogP contribution in [0.25, 0.3) is 0 Å². The van der Waals surface area contributed by atoms with Crippen molar-refractivity contribution in [2.75, 3.05) is 0 Å². The van der Waals surface area contributed by atoms with Gasteiger partial charge in [0.25, 0.3) is 0 Å². The molecule has 0 saturated heterocycles. The van der Waals surface area contributed by atoms with Gasteiger partial charge in [-0.3, -0.25) is 0 Å². The van der Waals surface area contributed by atoms with Gasteiger partial charge >= 0.3 is 0 Å². The molecule has 2 N–H and O–H groups in total. The number of nitrogens with two attached hydrogens (primary N) is 1. The molecule has 18 heavy (non-hydrogen) atoms. The van der Waals surface area contributed by atoms with Crippen LogP contribution in [0.1, 0.15) is 58.4 Å². The van der Waals surface area contributed by atoms with E-state index in [1.54, 1.807) is 11.3 Å². The van der Waals surface area contributed by atoms with Gasteiger partial charge in [0.2, 0.25) is 0 Å². The molecular weight excluding hydrogens is 238 g/mol. The number of thiophene rings is 1. The first-order valence-corrected chi connectivity index (χ1v) is 8.13. The zero-order valence-corrected chi connectivity index (χ0v) is 12.9. The Morgan fingerprint density at radius 2 is 2.11 bits per heavy atom. The number of hydrogen-bond donors (Lipinski definition) is 1. The Balaban J connectivity index is 1.99. The molecule has 2 atom stereocenters. The minimum absolute atomic E-state index is 0.0427. The maximum Gasteiger partial charge on any atom is 0.0195 e. The third-order valence-corrected chi connectivity index (χ3v) is 5.31. The average Bonchev–Trinajstić information content (AvgIpc) is 2.65. The van der Waals surface area contributed by atoms with Gasteiger partial charge < -0.3 is 5.73 Å². The first-order chi connectivity index (χ1) is 8.39. The van der Waals surface area contributed by atoms with Crippen LogP contribution in [0, 0.1) is 11.3 Å². The Morgan fingerprint density at radius 3 is 2.72 bits per heavy atom. The van der Waals surface area contributed by atoms with Crippen molar-refractivity contribution in [3.05, 3.63) is 22.4 Å². The summed E-state index contributed by atoms with van der Waals surface area (Å²) in [6.07, 6.45) is 7.38. The molecule has 1 aliphatic rings. The molecule has 2 heteroatoms. The first-order valence-electron chi connectivity index (χ1n) is 7.19. The van der Waals surface area contributed by atoms with Crippen molar-refractivity contribution in [1.82, 2.24) is 0 Å². The molecule has 102 valence electrons. The highest BCUT2D eigenvalue weighted by molar-refractivity contribution is 7.07. The van der Waals surface area contributed by atoms with Crippen molar-refractivity contribution in [3.63, 3.8) is 0 Å². The Hall–Kier alpha value is -0.340. The third-order valence-electron chi connectivity index (χ3n) is 4.58. The summed E-state index contributed by atoms with van der Waals surface area (Å²) in [6, 6.07) is 2.23. The fourth-order valence-electron chi connectivity index (χ4n) is 3.27. The second-order valence-electron chi connectivity index (χ2n) is 7.16. The molecule has 1 aliphatic carbocycles. The van der Waals surface area contributed by atoms with Crippen LogP contribution in [0.5, 0.6) is 0 Å². The molecule has 0 bridgehead atoms. The standard InChI is InChI=1S/C16H27NS/c1-15(2,3)14-5-4-8-16(17,9-6-14)11-13-7-10-18-12-13/h7,10,12,14H,4-6,8-9,11,17H2,1-3H3. The van der Waals surface area contributed by atoms with Gasteiger partial charge in [-0.05, 0) is 65.8 Å². The van der Waals surface area contributed by atoms with E-state index >= 15 is 0 Å². The molecule has 0 spiro atoms. The highest BCUT2D eigenvalue weighted by Crippen LogP contribution is 2.39. The Bertz CT molecular complexity index is 363. The van der Waals surface area contributed by atoms with Crippen molar-refractivity contribution in [2.24, 2.45) is 17.1 Å². The van der Waals surface area contributed by atoms with Crippen LogP contribution >= 0.6 is 11.3 Å². The van der Waals surface area contributed by atoms with Crippen molar-refractivity contribution < 1.29 is 0 Å². The lowest BCUT2D eigenvalue weighted by Gasteiger charge is -2.31. The van der Waals surface area contributed by atoms with Crippen LogP contribution in [-0.2, 0) is 6.42 Å². The molecule has 1 aromatic rings. The second-order valence-corrected chi connectivity index (χ2v) is 7.94. The quantitative estimate of drug-likeness (QED) is 0.776. The van der Waals surface area contributed by atoms with E-state index in [2.05, 4.69) is 37.6 Å². The van der Waals surface area contributed by atoms with Gasteiger partial charge in [-0.25, -0.2) is 0 Å². The SMILES string of the molecule is CC(C)(C)C1CCCC(N)(Cc2ccsc2)CC1. The predicted octanol–water partition coefficient (Wildman–Crippen LogP) is 4.61. The summed E-state index contributed by atoms with van der Waals surface area (Å²) in [7, 11) is 0. The van der Waals surface area contributed by atoms with Gasteiger partial charge in [-0.15, -0.1) is 0 Å². The van der Waals surface area contributed by atoms with Crippen LogP contribution in [0.4, 0.5) is 0 Å². The molecule has 2 rings (SSSR count). The fourth-order valence-corrected chi connectivity index (χ4v) is 3.94. The van der Waals surface area contributed by atoms with Crippen molar-refractivity contribution in [2.45, 2.75) is 64.8 Å². The normalized spacial score (nSPS) is 30.1. The van der Waals surface area contributed by atoms with E-state index in [4.69, 9.17) is 5.73 Å². The molecule has 2 unspecified atom stereocenters. The summed E-state index contributed by atoms with van der Waals surface area (Å²) in [6.45, 7) is 7.13. The Labute approximate surface area is 116 Å². The van der Waals surface area contributed by atoms with Gasteiger partial charge in [0.15, 0.2) is 0 Å². The first kappa shape index (κ1) is 14.1. The smallest absolute Gasteiger partial charge is 0.0195 e. The van der Waals surface area contributed by atoms with Gasteiger partial charge in [0, 0.05) is 5.54 Å². The van der Waals surface area contributed by atoms with E-state index in [1.807, 2.05) is 0 Å². The van der Waals surface area contributed by atoms with Crippen LogP contribution < -0.4 is 5.73 Å². The van der Waals surface area contributed by atoms with E-state index < -0.39 is 0 Å². The Kier molecular flexibility index (Phi) is 4.18. The number of hydrogen-bond acceptors (Lipinski definition) is 2. The van der Waals surface area contributed by atoms with E-state index in [0.717, 1.165) is 12.3 Å². The minimum atomic E-state index is 0.0427. The summed E-state index contributed by atoms with van der Waals surface area (Å²) in [4.78, 5) is 0. The summed E-state index contributed by atoms with van der Waals surface area (Å²) in [5.74, 6) is 0.838. The van der Waals surface area contributed by atoms with E-state index in [9.17, 15) is 0 Å². The van der Waals surface area contributed by atoms with Crippen molar-refractivity contribution in [1.29, 1.82) is 0 Å². The van der Waals surface area contributed by atoms with Gasteiger partial charge in [-0.2, -0.15) is 11.3 Å². The van der Waals surface area contributed by atoms with Crippen LogP contribution in [-0.4, -0.2) is 5.54 Å². The van der Waals surface area contributed by atoms with E-state index in [1.165, 1.54) is 37.7 Å². The summed E-state index contributed by atoms with van der Waals surface area (Å²) in [5.41, 5.74) is 8.57. The molecule has 1 saturated carbocycles. The number of rotatable bonds is 2. The van der Waals surface area contributed by atoms with Gasteiger partial charge in [0.05, 0.1) is 0 Å². The highest BCUT2D eigenvalue weighted by Gasteiger charge is 2.33. The monoisotopic (exact) mass is 265 g/mol. The molecule has 1 fully saturated rings. The minimum Gasteiger partial charge on any atom is -0.325 e. The highest BCUT2D eigenvalue weighted by atomic mass is 32.1. The predicted molar refractivity (Wildman–Crippen MR) is 81.0 cm³/mol. The van der Waals surface area contributed by atoms with E-state index in [0.29, 0.717) is 5.41 Å². The lowest BCUT2D eigenvalue weighted by atomic mass is 9.76. The molecule has 0 radical (unpaired) electrons. The second kappa shape index (κ2) is 5.34. The molecular formula is C16H27NS. The van der Waals surface area contributed by atoms with Gasteiger partial charge in [0.1, 0.15) is 0 Å². The summed E-state index contributed by atoms with van der Waals surface area (Å²) in [5, 5.41) is 4.41. The molecule has 0 aromatic carbocycles. The zero-order valence-electron chi connectivity index (χ0n) is 12.0. The lowest BCUT2D eigenvalue weighted by molar-refractivity contribution is 0.210. The zero-order chi connectivity index (χ0) is 13.2. The van der Waals surface area contributed by atoms with Crippen molar-refractivity contribution in [3.8, 4) is 0 Å². The average molecular weight is 265 g/mol. The van der Waals surface area contributed by atoms with Crippen molar-refractivity contribution >= 4 is 11.3 Å². The molecule has 0 aliphatic heterocycles. The van der Waals surface area contributed by atoms with E-state index in [-0.39, 0.29) is 5.54 Å².